The van der Waals surface area contributed by atoms with E-state index in [4.69, 9.17) is 9.47 Å². The first kappa shape index (κ1) is 17.4. The Kier molecular flexibility index (Phi) is 4.84. The third-order valence-corrected chi connectivity index (χ3v) is 3.85. The molecule has 6 nitrogen and oxygen atoms in total. The summed E-state index contributed by atoms with van der Waals surface area (Å²) in [6.07, 6.45) is 0.574. The van der Waals surface area contributed by atoms with Gasteiger partial charge in [-0.15, -0.1) is 0 Å². The number of ether oxygens (including phenoxy) is 2. The number of allylic oxidation sites excluding steroid dienone is 1. The Morgan fingerprint density at radius 2 is 1.81 bits per heavy atom. The maximum atomic E-state index is 12.3. The van der Waals surface area contributed by atoms with Crippen LogP contribution in [0.15, 0.2) is 54.6 Å². The lowest BCUT2D eigenvalue weighted by Crippen LogP contribution is -2.28. The number of hydrogen-bond acceptors (Lipinski definition) is 5. The molecule has 0 saturated heterocycles. The Labute approximate surface area is 150 Å². The van der Waals surface area contributed by atoms with Gasteiger partial charge in [-0.05, 0) is 12.3 Å². The van der Waals surface area contributed by atoms with Gasteiger partial charge >= 0.3 is 12.1 Å². The lowest BCUT2D eigenvalue weighted by atomic mass is 9.91. The van der Waals surface area contributed by atoms with Crippen molar-refractivity contribution in [2.45, 2.75) is 6.92 Å². The first-order chi connectivity index (χ1) is 12.5. The highest BCUT2D eigenvalue weighted by Gasteiger charge is 2.22. The summed E-state index contributed by atoms with van der Waals surface area (Å²) < 4.78 is 10.2. The molecule has 2 aromatic rings. The number of nitrogens with one attached hydrogen (secondary N) is 1. The summed E-state index contributed by atoms with van der Waals surface area (Å²) in [5.74, 6) is -0.549. The van der Waals surface area contributed by atoms with E-state index < -0.39 is 12.1 Å². The highest BCUT2D eigenvalue weighted by Crippen LogP contribution is 2.33. The average molecular weight is 351 g/mol. The predicted octanol–water partition coefficient (Wildman–Crippen LogP) is 3.22. The van der Waals surface area contributed by atoms with Crippen molar-refractivity contribution < 1.29 is 23.9 Å². The molecule has 1 amide bonds. The smallest absolute Gasteiger partial charge is 0.412 e. The summed E-state index contributed by atoms with van der Waals surface area (Å²) in [6, 6.07) is 11.0. The van der Waals surface area contributed by atoms with Crippen molar-refractivity contribution >= 4 is 34.4 Å². The van der Waals surface area contributed by atoms with Crippen LogP contribution in [-0.4, -0.2) is 31.0 Å². The van der Waals surface area contributed by atoms with Crippen LogP contribution in [0.4, 0.5) is 4.79 Å². The number of alkyl carbamates (subject to hydrolysis) is 1. The van der Waals surface area contributed by atoms with Crippen molar-refractivity contribution in [3.8, 4) is 0 Å². The van der Waals surface area contributed by atoms with E-state index in [0.29, 0.717) is 11.1 Å². The van der Waals surface area contributed by atoms with E-state index in [1.165, 1.54) is 13.0 Å². The van der Waals surface area contributed by atoms with Crippen molar-refractivity contribution in [3.05, 3.63) is 65.8 Å². The van der Waals surface area contributed by atoms with Gasteiger partial charge in [0.05, 0.1) is 6.54 Å². The first-order valence-corrected chi connectivity index (χ1v) is 8.04. The quantitative estimate of drug-likeness (QED) is 0.508. The Hall–Kier alpha value is -3.41. The zero-order chi connectivity index (χ0) is 18.7. The molecule has 0 radical (unpaired) electrons. The number of benzene rings is 2. The van der Waals surface area contributed by atoms with Gasteiger partial charge in [0.15, 0.2) is 5.78 Å². The summed E-state index contributed by atoms with van der Waals surface area (Å²) in [4.78, 5) is 35.5. The third-order valence-electron chi connectivity index (χ3n) is 3.85. The van der Waals surface area contributed by atoms with Gasteiger partial charge in [-0.3, -0.25) is 4.79 Å². The minimum absolute atomic E-state index is 0.00279. The summed E-state index contributed by atoms with van der Waals surface area (Å²) in [6.45, 7) is 5.08. The predicted molar refractivity (Wildman–Crippen MR) is 96.5 cm³/mol. The normalized spacial score (nSPS) is 12.3. The van der Waals surface area contributed by atoms with Crippen LogP contribution < -0.4 is 5.32 Å². The van der Waals surface area contributed by atoms with Gasteiger partial charge in [0.1, 0.15) is 12.4 Å². The summed E-state index contributed by atoms with van der Waals surface area (Å²) in [5.41, 5.74) is 1.55. The fourth-order valence-corrected chi connectivity index (χ4v) is 2.67. The molecule has 0 aliphatic heterocycles. The highest BCUT2D eigenvalue weighted by molar-refractivity contribution is 6.21. The number of rotatable bonds is 5. The molecule has 26 heavy (non-hydrogen) atoms. The van der Waals surface area contributed by atoms with Crippen LogP contribution in [-0.2, 0) is 14.3 Å². The number of ketones is 1. The van der Waals surface area contributed by atoms with Crippen LogP contribution in [0.25, 0.3) is 16.5 Å². The zero-order valence-electron chi connectivity index (χ0n) is 14.2. The van der Waals surface area contributed by atoms with E-state index in [-0.39, 0.29) is 30.3 Å². The highest BCUT2D eigenvalue weighted by atomic mass is 16.6. The molecule has 132 valence electrons. The van der Waals surface area contributed by atoms with E-state index in [9.17, 15) is 14.4 Å². The van der Waals surface area contributed by atoms with Crippen molar-refractivity contribution in [1.29, 1.82) is 0 Å². The second-order valence-electron chi connectivity index (χ2n) is 5.81. The van der Waals surface area contributed by atoms with Crippen molar-refractivity contribution in [2.75, 3.05) is 13.2 Å². The van der Waals surface area contributed by atoms with Gasteiger partial charge in [0.25, 0.3) is 0 Å². The molecule has 0 saturated carbocycles. The van der Waals surface area contributed by atoms with E-state index in [0.717, 1.165) is 10.8 Å². The van der Waals surface area contributed by atoms with E-state index in [1.54, 1.807) is 12.1 Å². The van der Waals surface area contributed by atoms with Gasteiger partial charge in [0.2, 0.25) is 0 Å². The molecular weight excluding hydrogens is 334 g/mol. The van der Waals surface area contributed by atoms with Crippen LogP contribution >= 0.6 is 0 Å². The van der Waals surface area contributed by atoms with Gasteiger partial charge in [-0.25, -0.2) is 9.59 Å². The Morgan fingerprint density at radius 1 is 1.12 bits per heavy atom. The SMILES string of the molecule is C=C(C)C(=O)OCCNC(=O)OC1=CC(=O)c2cccc3cccc1c23. The number of amides is 1. The molecule has 2 aromatic carbocycles. The molecule has 1 aliphatic rings. The van der Waals surface area contributed by atoms with Crippen LogP contribution in [0.2, 0.25) is 0 Å². The second-order valence-corrected chi connectivity index (χ2v) is 5.81. The number of carbonyl (C=O) groups excluding carboxylic acids is 3. The number of esters is 1. The fourth-order valence-electron chi connectivity index (χ4n) is 2.67. The van der Waals surface area contributed by atoms with Crippen LogP contribution in [0.5, 0.6) is 0 Å². The standard InChI is InChI=1S/C20H17NO5/c1-12(2)19(23)25-10-9-21-20(24)26-17-11-16(22)14-7-3-5-13-6-4-8-15(17)18(13)14/h3-8,11H,1,9-10H2,2H3,(H,21,24). The molecule has 0 heterocycles. The monoisotopic (exact) mass is 351 g/mol. The van der Waals surface area contributed by atoms with Gasteiger partial charge in [-0.2, -0.15) is 0 Å². The van der Waals surface area contributed by atoms with E-state index in [2.05, 4.69) is 11.9 Å². The molecule has 0 bridgehead atoms. The lowest BCUT2D eigenvalue weighted by molar-refractivity contribution is -0.138. The average Bonchev–Trinajstić information content (AvgIpc) is 2.62. The molecule has 1 N–H and O–H groups in total. The van der Waals surface area contributed by atoms with Gasteiger partial charge in [0, 0.05) is 28.2 Å². The maximum absolute atomic E-state index is 12.3. The summed E-state index contributed by atoms with van der Waals surface area (Å²) >= 11 is 0. The maximum Gasteiger partial charge on any atom is 0.412 e. The zero-order valence-corrected chi connectivity index (χ0v) is 14.2. The molecule has 0 spiro atoms. The van der Waals surface area contributed by atoms with Gasteiger partial charge < -0.3 is 14.8 Å². The molecule has 6 heteroatoms. The Morgan fingerprint density at radius 3 is 2.50 bits per heavy atom. The molecule has 0 unspecified atom stereocenters. The van der Waals surface area contributed by atoms with E-state index in [1.807, 2.05) is 24.3 Å². The molecule has 1 aliphatic carbocycles. The Bertz CT molecular complexity index is 953. The molecule has 0 aromatic heterocycles. The number of carbonyl (C=O) groups is 3. The second kappa shape index (κ2) is 7.23. The van der Waals surface area contributed by atoms with Crippen molar-refractivity contribution in [3.63, 3.8) is 0 Å². The first-order valence-electron chi connectivity index (χ1n) is 8.04. The van der Waals surface area contributed by atoms with Crippen molar-refractivity contribution in [2.24, 2.45) is 0 Å². The van der Waals surface area contributed by atoms with Crippen LogP contribution in [0.1, 0.15) is 22.8 Å². The summed E-state index contributed by atoms with van der Waals surface area (Å²) in [7, 11) is 0. The van der Waals surface area contributed by atoms with Crippen LogP contribution in [0.3, 0.4) is 0 Å². The Balaban J connectivity index is 1.67. The topological polar surface area (TPSA) is 81.7 Å². The van der Waals surface area contributed by atoms with E-state index >= 15 is 0 Å². The largest absolute Gasteiger partial charge is 0.460 e. The third kappa shape index (κ3) is 3.49. The minimum atomic E-state index is -0.730. The lowest BCUT2D eigenvalue weighted by Gasteiger charge is -2.17. The minimum Gasteiger partial charge on any atom is -0.460 e. The number of hydrogen-bond donors (Lipinski definition) is 1. The molecule has 0 atom stereocenters. The van der Waals surface area contributed by atoms with Crippen molar-refractivity contribution in [1.82, 2.24) is 5.32 Å². The van der Waals surface area contributed by atoms with Gasteiger partial charge in [-0.1, -0.05) is 43.0 Å². The fraction of sp³-hybridized carbons (Fsp3) is 0.150. The molecule has 0 fully saturated rings. The summed E-state index contributed by atoms with van der Waals surface area (Å²) in [5, 5.41) is 4.14. The molecule has 3 rings (SSSR count). The van der Waals surface area contributed by atoms with Crippen LogP contribution in [0, 0.1) is 0 Å². The molecular formula is C20H17NO5.